The SMILES string of the molecule is SCCc1csc(-c2ccc(Cl)s2)n1. The Morgan fingerprint density at radius 3 is 2.93 bits per heavy atom. The zero-order valence-corrected chi connectivity index (χ0v) is 10.5. The molecule has 0 aliphatic carbocycles. The summed E-state index contributed by atoms with van der Waals surface area (Å²) >= 11 is 13.3. The van der Waals surface area contributed by atoms with Crippen molar-refractivity contribution in [3.8, 4) is 9.88 Å². The van der Waals surface area contributed by atoms with E-state index in [0.29, 0.717) is 0 Å². The van der Waals surface area contributed by atoms with Crippen LogP contribution in [0.25, 0.3) is 9.88 Å². The topological polar surface area (TPSA) is 12.9 Å². The van der Waals surface area contributed by atoms with Gasteiger partial charge in [-0.15, -0.1) is 22.7 Å². The van der Waals surface area contributed by atoms with Crippen LogP contribution in [-0.2, 0) is 6.42 Å². The lowest BCUT2D eigenvalue weighted by atomic mass is 10.4. The molecule has 2 aromatic rings. The van der Waals surface area contributed by atoms with Crippen LogP contribution in [0.4, 0.5) is 0 Å². The number of rotatable bonds is 3. The Morgan fingerprint density at radius 1 is 1.43 bits per heavy atom. The molecule has 0 N–H and O–H groups in total. The van der Waals surface area contributed by atoms with E-state index in [1.54, 1.807) is 22.7 Å². The number of thiophene rings is 1. The van der Waals surface area contributed by atoms with Gasteiger partial charge in [0.1, 0.15) is 5.01 Å². The molecular formula is C9H8ClNS3. The monoisotopic (exact) mass is 261 g/mol. The van der Waals surface area contributed by atoms with Gasteiger partial charge < -0.3 is 0 Å². The number of halogens is 1. The van der Waals surface area contributed by atoms with Crippen molar-refractivity contribution in [3.05, 3.63) is 27.5 Å². The first kappa shape index (κ1) is 10.5. The van der Waals surface area contributed by atoms with E-state index >= 15 is 0 Å². The van der Waals surface area contributed by atoms with Gasteiger partial charge in [-0.05, 0) is 24.3 Å². The van der Waals surface area contributed by atoms with Gasteiger partial charge in [0.05, 0.1) is 14.9 Å². The molecular weight excluding hydrogens is 254 g/mol. The third-order valence-electron chi connectivity index (χ3n) is 1.70. The summed E-state index contributed by atoms with van der Waals surface area (Å²) in [5.74, 6) is 0.842. The van der Waals surface area contributed by atoms with Crippen molar-refractivity contribution in [3.63, 3.8) is 0 Å². The Balaban J connectivity index is 2.24. The van der Waals surface area contributed by atoms with E-state index in [1.807, 2.05) is 12.1 Å². The molecule has 0 aliphatic rings. The van der Waals surface area contributed by atoms with Gasteiger partial charge in [0.15, 0.2) is 0 Å². The fourth-order valence-electron chi connectivity index (χ4n) is 1.08. The van der Waals surface area contributed by atoms with Gasteiger partial charge in [-0.3, -0.25) is 0 Å². The van der Waals surface area contributed by atoms with Gasteiger partial charge in [0.2, 0.25) is 0 Å². The number of nitrogens with zero attached hydrogens (tertiary/aromatic N) is 1. The Kier molecular flexibility index (Phi) is 3.49. The summed E-state index contributed by atoms with van der Waals surface area (Å²) in [6.07, 6.45) is 0.929. The summed E-state index contributed by atoms with van der Waals surface area (Å²) in [5.41, 5.74) is 1.12. The lowest BCUT2D eigenvalue weighted by molar-refractivity contribution is 1.08. The summed E-state index contributed by atoms with van der Waals surface area (Å²) < 4.78 is 0.811. The number of hydrogen-bond acceptors (Lipinski definition) is 4. The normalized spacial score (nSPS) is 10.7. The van der Waals surface area contributed by atoms with E-state index < -0.39 is 0 Å². The Morgan fingerprint density at radius 2 is 2.29 bits per heavy atom. The second-order valence-corrected chi connectivity index (χ2v) is 5.74. The van der Waals surface area contributed by atoms with E-state index in [9.17, 15) is 0 Å². The number of aryl methyl sites for hydroxylation is 1. The predicted molar refractivity (Wildman–Crippen MR) is 68.0 cm³/mol. The second kappa shape index (κ2) is 4.66. The molecule has 5 heteroatoms. The van der Waals surface area contributed by atoms with E-state index in [1.165, 1.54) is 0 Å². The quantitative estimate of drug-likeness (QED) is 0.825. The summed E-state index contributed by atoms with van der Waals surface area (Å²) in [6, 6.07) is 3.91. The molecule has 14 heavy (non-hydrogen) atoms. The Hall–Kier alpha value is -0.0300. The first-order valence-corrected chi connectivity index (χ1v) is 6.81. The second-order valence-electron chi connectivity index (χ2n) is 2.72. The van der Waals surface area contributed by atoms with Crippen molar-refractivity contribution in [1.82, 2.24) is 4.98 Å². The molecule has 0 amide bonds. The molecule has 0 unspecified atom stereocenters. The molecule has 0 radical (unpaired) electrons. The lowest BCUT2D eigenvalue weighted by Gasteiger charge is -1.88. The minimum absolute atomic E-state index is 0.811. The van der Waals surface area contributed by atoms with E-state index in [0.717, 1.165) is 32.1 Å². The molecule has 74 valence electrons. The van der Waals surface area contributed by atoms with Crippen LogP contribution in [0.2, 0.25) is 4.34 Å². The molecule has 2 rings (SSSR count). The van der Waals surface area contributed by atoms with Gasteiger partial charge in [-0.25, -0.2) is 4.98 Å². The third kappa shape index (κ3) is 2.31. The van der Waals surface area contributed by atoms with Crippen molar-refractivity contribution in [1.29, 1.82) is 0 Å². The maximum Gasteiger partial charge on any atom is 0.133 e. The minimum Gasteiger partial charge on any atom is -0.240 e. The van der Waals surface area contributed by atoms with Crippen molar-refractivity contribution < 1.29 is 0 Å². The molecule has 0 saturated heterocycles. The van der Waals surface area contributed by atoms with Gasteiger partial charge in [-0.2, -0.15) is 12.6 Å². The van der Waals surface area contributed by atoms with Crippen LogP contribution in [0.3, 0.4) is 0 Å². The number of thiol groups is 1. The van der Waals surface area contributed by atoms with Gasteiger partial charge >= 0.3 is 0 Å². The van der Waals surface area contributed by atoms with E-state index in [4.69, 9.17) is 11.6 Å². The van der Waals surface area contributed by atoms with Crippen molar-refractivity contribution in [2.24, 2.45) is 0 Å². The lowest BCUT2D eigenvalue weighted by Crippen LogP contribution is -1.84. The number of thiazole rings is 1. The van der Waals surface area contributed by atoms with Crippen LogP contribution in [0.15, 0.2) is 17.5 Å². The molecule has 0 atom stereocenters. The van der Waals surface area contributed by atoms with Crippen molar-refractivity contribution in [2.45, 2.75) is 6.42 Å². The first-order valence-electron chi connectivity index (χ1n) is 4.10. The van der Waals surface area contributed by atoms with Crippen molar-refractivity contribution >= 4 is 46.9 Å². The average Bonchev–Trinajstić information content (AvgIpc) is 2.74. The van der Waals surface area contributed by atoms with Gasteiger partial charge in [-0.1, -0.05) is 11.6 Å². The molecule has 1 nitrogen and oxygen atoms in total. The minimum atomic E-state index is 0.811. The zero-order valence-electron chi connectivity index (χ0n) is 7.24. The molecule has 0 aromatic carbocycles. The van der Waals surface area contributed by atoms with Crippen LogP contribution in [-0.4, -0.2) is 10.7 Å². The molecule has 0 fully saturated rings. The molecule has 0 bridgehead atoms. The Bertz CT molecular complexity index is 421. The van der Waals surface area contributed by atoms with E-state index in [-0.39, 0.29) is 0 Å². The Labute approximate surface area is 101 Å². The maximum atomic E-state index is 5.86. The van der Waals surface area contributed by atoms with Crippen LogP contribution >= 0.6 is 46.9 Å². The molecule has 0 aliphatic heterocycles. The fraction of sp³-hybridized carbons (Fsp3) is 0.222. The van der Waals surface area contributed by atoms with Gasteiger partial charge in [0.25, 0.3) is 0 Å². The predicted octanol–water partition coefficient (Wildman–Crippen LogP) is 4.00. The highest BCUT2D eigenvalue weighted by Crippen LogP contribution is 2.32. The standard InChI is InChI=1S/C9H8ClNS3/c10-8-2-1-7(14-8)9-11-6(3-4-12)5-13-9/h1-2,5,12H,3-4H2. The van der Waals surface area contributed by atoms with E-state index in [2.05, 4.69) is 23.0 Å². The molecule has 0 saturated carbocycles. The van der Waals surface area contributed by atoms with Crippen LogP contribution < -0.4 is 0 Å². The number of aromatic nitrogens is 1. The first-order chi connectivity index (χ1) is 6.79. The molecule has 2 heterocycles. The fourth-order valence-corrected chi connectivity index (χ4v) is 3.28. The summed E-state index contributed by atoms with van der Waals surface area (Å²) in [5, 5.41) is 3.14. The van der Waals surface area contributed by atoms with Crippen LogP contribution in [0.5, 0.6) is 0 Å². The summed E-state index contributed by atoms with van der Waals surface area (Å²) in [4.78, 5) is 5.65. The number of hydrogen-bond donors (Lipinski definition) is 1. The summed E-state index contributed by atoms with van der Waals surface area (Å²) in [6.45, 7) is 0. The molecule has 2 aromatic heterocycles. The smallest absolute Gasteiger partial charge is 0.133 e. The van der Waals surface area contributed by atoms with Crippen LogP contribution in [0.1, 0.15) is 5.69 Å². The van der Waals surface area contributed by atoms with Crippen LogP contribution in [0, 0.1) is 0 Å². The highest BCUT2D eigenvalue weighted by molar-refractivity contribution is 7.80. The highest BCUT2D eigenvalue weighted by Gasteiger charge is 2.06. The molecule has 0 spiro atoms. The largest absolute Gasteiger partial charge is 0.240 e. The zero-order chi connectivity index (χ0) is 9.97. The highest BCUT2D eigenvalue weighted by atomic mass is 35.5. The average molecular weight is 262 g/mol. The maximum absolute atomic E-state index is 5.86. The van der Waals surface area contributed by atoms with Gasteiger partial charge in [0, 0.05) is 5.38 Å². The summed E-state index contributed by atoms with van der Waals surface area (Å²) in [7, 11) is 0. The van der Waals surface area contributed by atoms with Crippen molar-refractivity contribution in [2.75, 3.05) is 5.75 Å². The third-order valence-corrected chi connectivity index (χ3v) is 4.22.